The molecule has 2 heterocycles. The number of anilines is 2. The standard InChI is InChI=1S/2C22H28FN3O4.Ca.2O2S/c2*1-13(2)20-18(10-9-16(27)11-17(28)12-19(29)30)21(25-22(24-20)26(3)4)14-5-7-15(23)8-6-14;;2*1-3-2/h2*5-10,13,16-17,27-28H,11-12H2,1-4H3,(H,29,30);;;/q;;+2;;/p-2/b2*10-9+;;;/t2*16-,17+;;;/m00.../s1. The maximum absolute atomic E-state index is 13.4. The Morgan fingerprint density at radius 2 is 0.881 bits per heavy atom. The van der Waals surface area contributed by atoms with E-state index in [1.54, 1.807) is 46.2 Å². The molecule has 2 aromatic heterocycles. The van der Waals surface area contributed by atoms with Crippen LogP contribution in [0, 0.1) is 11.6 Å². The number of carbonyl (C=O) groups is 2. The average Bonchev–Trinajstić information content (AvgIpc) is 3.22. The molecule has 0 aliphatic heterocycles. The van der Waals surface area contributed by atoms with Gasteiger partial charge in [-0.25, -0.2) is 28.7 Å². The molecule has 0 saturated carbocycles. The van der Waals surface area contributed by atoms with Crippen LogP contribution in [0.3, 0.4) is 0 Å². The van der Waals surface area contributed by atoms with Gasteiger partial charge in [0.2, 0.25) is 11.9 Å². The van der Waals surface area contributed by atoms with Gasteiger partial charge in [0.1, 0.15) is 11.6 Å². The Balaban J connectivity index is 0.00000115. The second-order valence-electron chi connectivity index (χ2n) is 15.4. The van der Waals surface area contributed by atoms with Crippen LogP contribution in [0.15, 0.2) is 60.7 Å². The summed E-state index contributed by atoms with van der Waals surface area (Å²) < 4.78 is 60.0. The number of halogens is 2. The zero-order chi connectivity index (χ0) is 50.3. The maximum Gasteiger partial charge on any atom is 2.00 e. The first kappa shape index (κ1) is 62.2. The number of aliphatic hydroxyl groups is 4. The molecule has 0 bridgehead atoms. The molecule has 0 amide bonds. The quantitative estimate of drug-likeness (QED) is 0.103. The van der Waals surface area contributed by atoms with Gasteiger partial charge in [-0.2, -0.15) is 16.8 Å². The van der Waals surface area contributed by atoms with Crippen LogP contribution in [-0.4, -0.2) is 159 Å². The van der Waals surface area contributed by atoms with Gasteiger partial charge in [-0.15, -0.1) is 0 Å². The van der Waals surface area contributed by atoms with Crippen LogP contribution in [0.1, 0.15) is 87.7 Å². The predicted octanol–water partition coefficient (Wildman–Crippen LogP) is 1.75. The van der Waals surface area contributed by atoms with E-state index in [1.165, 1.54) is 36.4 Å². The van der Waals surface area contributed by atoms with Crippen molar-refractivity contribution in [1.29, 1.82) is 0 Å². The minimum absolute atomic E-state index is 0. The zero-order valence-corrected chi connectivity index (χ0v) is 42.1. The monoisotopic (exact) mass is 1000 g/mol. The molecule has 0 aliphatic carbocycles. The molecular formula is C44H54CaF2N6O12S2. The van der Waals surface area contributed by atoms with Gasteiger partial charge in [-0.05, 0) is 60.4 Å². The number of aliphatic carboxylic acids is 2. The van der Waals surface area contributed by atoms with Crippen LogP contribution in [-0.2, 0) is 32.7 Å². The van der Waals surface area contributed by atoms with E-state index < -0.39 is 72.3 Å². The number of aromatic nitrogens is 4. The van der Waals surface area contributed by atoms with Crippen molar-refractivity contribution in [1.82, 2.24) is 19.9 Å². The van der Waals surface area contributed by atoms with Crippen molar-refractivity contribution >= 4 is 96.9 Å². The summed E-state index contributed by atoms with van der Waals surface area (Å²) in [6.45, 7) is 7.92. The first-order chi connectivity index (χ1) is 31.0. The van der Waals surface area contributed by atoms with Crippen molar-refractivity contribution < 1.29 is 65.8 Å². The summed E-state index contributed by atoms with van der Waals surface area (Å²) in [5.74, 6) is -2.42. The van der Waals surface area contributed by atoms with Crippen molar-refractivity contribution in [2.45, 2.75) is 89.6 Å². The van der Waals surface area contributed by atoms with Crippen molar-refractivity contribution in [3.63, 3.8) is 0 Å². The van der Waals surface area contributed by atoms with E-state index in [9.17, 15) is 49.0 Å². The molecule has 4 rings (SSSR count). The molecule has 67 heavy (non-hydrogen) atoms. The largest absolute Gasteiger partial charge is 2.00 e. The van der Waals surface area contributed by atoms with E-state index >= 15 is 0 Å². The number of hydrogen-bond acceptors (Lipinski definition) is 18. The number of aliphatic hydroxyl groups excluding tert-OH is 4. The third-order valence-electron chi connectivity index (χ3n) is 8.86. The molecule has 0 spiro atoms. The Hall–Kier alpha value is -4.78. The van der Waals surface area contributed by atoms with E-state index in [1.807, 2.05) is 55.9 Å². The van der Waals surface area contributed by atoms with Crippen molar-refractivity contribution in [3.05, 3.63) is 94.8 Å². The Bertz CT molecular complexity index is 2150. The number of hydrogen-bond donors (Lipinski definition) is 4. The van der Waals surface area contributed by atoms with Crippen molar-refractivity contribution in [2.75, 3.05) is 38.0 Å². The number of nitrogens with zero attached hydrogens (tertiary/aromatic N) is 6. The minimum atomic E-state index is -1.38. The van der Waals surface area contributed by atoms with Crippen LogP contribution in [0.5, 0.6) is 0 Å². The fourth-order valence-electron chi connectivity index (χ4n) is 5.89. The molecule has 360 valence electrons. The van der Waals surface area contributed by atoms with Crippen molar-refractivity contribution in [3.8, 4) is 22.5 Å². The van der Waals surface area contributed by atoms with E-state index in [0.717, 1.165) is 11.4 Å². The smallest absolute Gasteiger partial charge is 0.550 e. The fraction of sp³-hybridized carbons (Fsp3) is 0.409. The molecule has 0 aliphatic rings. The van der Waals surface area contributed by atoms with Gasteiger partial charge in [-0.1, -0.05) is 52.0 Å². The SMILES string of the molecule is CC(C)c1nc(N(C)C)nc(-c2ccc(F)cc2)c1/C=C/[C@H](O)C[C@@H](O)CC(=O)[O-].CC(C)c1nc(N(C)C)nc(-c2ccc(F)cc2)c1/C=C/[C@H](O)C[C@@H](O)CC(=O)[O-].O=S=O.O=S=O.[Ca+2]. The summed E-state index contributed by atoms with van der Waals surface area (Å²) in [7, 11) is 7.30. The molecule has 0 radical (unpaired) electrons. The van der Waals surface area contributed by atoms with Crippen molar-refractivity contribution in [2.24, 2.45) is 0 Å². The summed E-state index contributed by atoms with van der Waals surface area (Å²) in [5, 5.41) is 61.0. The molecule has 4 aromatic rings. The molecule has 18 nitrogen and oxygen atoms in total. The molecule has 2 aromatic carbocycles. The first-order valence-corrected chi connectivity index (χ1v) is 21.3. The molecule has 0 fully saturated rings. The van der Waals surface area contributed by atoms with Gasteiger partial charge >= 0.3 is 60.9 Å². The number of carbonyl (C=O) groups excluding carboxylic acids is 2. The predicted molar refractivity (Wildman–Crippen MR) is 246 cm³/mol. The van der Waals surface area contributed by atoms with Gasteiger partial charge in [0.05, 0.1) is 47.2 Å². The topological polar surface area (TPSA) is 287 Å². The fourth-order valence-corrected chi connectivity index (χ4v) is 5.89. The number of benzene rings is 2. The maximum atomic E-state index is 13.4. The number of carboxylic acid groups (broad SMARTS) is 2. The van der Waals surface area contributed by atoms with Crippen LogP contribution < -0.4 is 20.0 Å². The second kappa shape index (κ2) is 32.1. The van der Waals surface area contributed by atoms with Gasteiger partial charge in [-0.3, -0.25) is 0 Å². The van der Waals surface area contributed by atoms with Crippen LogP contribution in [0.2, 0.25) is 0 Å². The third kappa shape index (κ3) is 22.7. The van der Waals surface area contributed by atoms with Gasteiger partial charge < -0.3 is 50.0 Å². The average molecular weight is 1000 g/mol. The number of carboxylic acids is 2. The Morgan fingerprint density at radius 3 is 1.12 bits per heavy atom. The summed E-state index contributed by atoms with van der Waals surface area (Å²) in [6.07, 6.45) is 0.250. The van der Waals surface area contributed by atoms with E-state index in [0.29, 0.717) is 45.5 Å². The third-order valence-corrected chi connectivity index (χ3v) is 8.86. The van der Waals surface area contributed by atoms with Crippen LogP contribution in [0.4, 0.5) is 20.7 Å². The summed E-state index contributed by atoms with van der Waals surface area (Å²) >= 11 is -1.50. The molecule has 4 atom stereocenters. The van der Waals surface area contributed by atoms with Crippen LogP contribution in [0.25, 0.3) is 34.7 Å². The molecule has 23 heteroatoms. The number of rotatable bonds is 18. The van der Waals surface area contributed by atoms with Gasteiger partial charge in [0.15, 0.2) is 0 Å². The van der Waals surface area contributed by atoms with Crippen LogP contribution >= 0.6 is 0 Å². The second-order valence-corrected chi connectivity index (χ2v) is 15.6. The Morgan fingerprint density at radius 1 is 0.597 bits per heavy atom. The minimum Gasteiger partial charge on any atom is -0.550 e. The summed E-state index contributed by atoms with van der Waals surface area (Å²) in [4.78, 5) is 43.2. The molecule has 4 N–H and O–H groups in total. The van der Waals surface area contributed by atoms with E-state index in [2.05, 4.69) is 19.9 Å². The summed E-state index contributed by atoms with van der Waals surface area (Å²) in [6, 6.07) is 11.9. The normalized spacial score (nSPS) is 12.5. The first-order valence-electron chi connectivity index (χ1n) is 20.0. The zero-order valence-electron chi connectivity index (χ0n) is 38.2. The molecule has 0 unspecified atom stereocenters. The molecular weight excluding hydrogens is 947 g/mol. The van der Waals surface area contributed by atoms with E-state index in [-0.39, 0.29) is 74.1 Å². The Kier molecular flexibility index (Phi) is 29.8. The van der Waals surface area contributed by atoms with Gasteiger partial charge in [0, 0.05) is 88.1 Å². The molecule has 0 saturated heterocycles. The van der Waals surface area contributed by atoms with Gasteiger partial charge in [0.25, 0.3) is 0 Å². The summed E-state index contributed by atoms with van der Waals surface area (Å²) in [5.41, 5.74) is 5.35. The Labute approximate surface area is 424 Å². The van der Waals surface area contributed by atoms with E-state index in [4.69, 9.17) is 16.8 Å².